The van der Waals surface area contributed by atoms with Gasteiger partial charge in [0.05, 0.1) is 44.5 Å². The Bertz CT molecular complexity index is 3180. The first kappa shape index (κ1) is 32.9. The highest BCUT2D eigenvalue weighted by molar-refractivity contribution is 7.26. The van der Waals surface area contributed by atoms with Crippen LogP contribution in [0.1, 0.15) is 44.5 Å². The molecule has 8 aromatic rings. The minimum absolute atomic E-state index is 0.0105. The molecule has 242 valence electrons. The van der Waals surface area contributed by atoms with E-state index in [4.69, 9.17) is 0 Å². The van der Waals surface area contributed by atoms with Crippen LogP contribution in [0.25, 0.3) is 73.7 Å². The molecule has 0 aliphatic carbocycles. The number of hydrogen-bond acceptors (Lipinski definition) is 10. The molecule has 0 fully saturated rings. The van der Waals surface area contributed by atoms with Gasteiger partial charge in [-0.3, -0.25) is 0 Å². The predicted molar refractivity (Wildman–Crippen MR) is 206 cm³/mol. The Balaban J connectivity index is 1.63. The minimum atomic E-state index is -0.469. The van der Waals surface area contributed by atoms with Gasteiger partial charge >= 0.3 is 0 Å². The highest BCUT2D eigenvalue weighted by atomic mass is 32.1. The summed E-state index contributed by atoms with van der Waals surface area (Å²) in [5.41, 5.74) is -2.01. The molecule has 0 saturated heterocycles. The Morgan fingerprint density at radius 2 is 0.611 bits per heavy atom. The van der Waals surface area contributed by atoms with Gasteiger partial charge in [0.25, 0.3) is 0 Å². The molecule has 0 atom stereocenters. The monoisotopic (exact) mass is 718 g/mol. The van der Waals surface area contributed by atoms with Gasteiger partial charge < -0.3 is 0 Å². The number of hydrogen-bond donors (Lipinski definition) is 0. The Kier molecular flexibility index (Phi) is 7.78. The minimum Gasteiger partial charge on any atom is -0.192 e. The Hall–Kier alpha value is -8.32. The van der Waals surface area contributed by atoms with Gasteiger partial charge in [0, 0.05) is 62.6 Å². The number of thiophene rings is 2. The molecule has 0 spiro atoms. The summed E-state index contributed by atoms with van der Waals surface area (Å²) < 4.78 is 3.99. The Morgan fingerprint density at radius 3 is 1.00 bits per heavy atom. The largest absolute Gasteiger partial charge is 0.192 e. The highest BCUT2D eigenvalue weighted by Gasteiger charge is 2.33. The Morgan fingerprint density at radius 1 is 0.296 bits per heavy atom. The zero-order valence-corrected chi connectivity index (χ0v) is 29.1. The molecule has 0 aliphatic rings. The Labute approximate surface area is 315 Å². The van der Waals surface area contributed by atoms with Crippen LogP contribution in [-0.4, -0.2) is 0 Å². The molecule has 2 heterocycles. The molecule has 10 heteroatoms. The highest BCUT2D eigenvalue weighted by Crippen LogP contribution is 2.49. The lowest BCUT2D eigenvalue weighted by atomic mass is 9.76. The third kappa shape index (κ3) is 4.59. The van der Waals surface area contributed by atoms with Crippen LogP contribution in [0.2, 0.25) is 0 Å². The lowest BCUT2D eigenvalue weighted by Gasteiger charge is -2.21. The van der Waals surface area contributed by atoms with Crippen molar-refractivity contribution in [1.29, 1.82) is 42.1 Å². The van der Waals surface area contributed by atoms with Gasteiger partial charge in [0.2, 0.25) is 0 Å². The van der Waals surface area contributed by atoms with Gasteiger partial charge in [0.1, 0.15) is 48.6 Å². The number of rotatable bonds is 3. The van der Waals surface area contributed by atoms with Crippen molar-refractivity contribution < 1.29 is 0 Å². The van der Waals surface area contributed by atoms with Crippen LogP contribution in [-0.2, 0) is 0 Å². The summed E-state index contributed by atoms with van der Waals surface area (Å²) in [4.78, 5) is 0. The van der Waals surface area contributed by atoms with E-state index in [2.05, 4.69) is 18.2 Å². The molecule has 0 unspecified atom stereocenters. The normalized spacial score (nSPS) is 10.4. The van der Waals surface area contributed by atoms with E-state index in [1.54, 1.807) is 40.9 Å². The number of nitrogens with zero attached hydrogens (tertiary/aromatic N) is 8. The average Bonchev–Trinajstić information content (AvgIpc) is 3.78. The molecular weight excluding hydrogens is 705 g/mol. The lowest BCUT2D eigenvalue weighted by Crippen LogP contribution is -2.08. The van der Waals surface area contributed by atoms with Gasteiger partial charge in [-0.25, -0.2) is 0 Å². The van der Waals surface area contributed by atoms with E-state index in [0.29, 0.717) is 11.1 Å². The van der Waals surface area contributed by atoms with Crippen LogP contribution in [0.4, 0.5) is 0 Å². The van der Waals surface area contributed by atoms with Crippen molar-refractivity contribution in [2.75, 3.05) is 0 Å². The molecule has 6 aromatic carbocycles. The second-order valence-electron chi connectivity index (χ2n) is 12.0. The van der Waals surface area contributed by atoms with Gasteiger partial charge in [0.15, 0.2) is 0 Å². The van der Waals surface area contributed by atoms with Crippen LogP contribution in [0.3, 0.4) is 0 Å². The van der Waals surface area contributed by atoms with Crippen molar-refractivity contribution in [3.05, 3.63) is 129 Å². The molecule has 0 N–H and O–H groups in total. The SMILES string of the molecule is N#Cc1c(C#N)c(C#N)c(-c2c(C#N)c(-c3ccc4sc5ccccc5c4c3)c(C#N)c(-c3ccc4sc5ccccc5c4c3)c2C#N)c(C#N)c1C#N. The molecule has 0 radical (unpaired) electrons. The summed E-state index contributed by atoms with van der Waals surface area (Å²) in [6.45, 7) is 0. The summed E-state index contributed by atoms with van der Waals surface area (Å²) in [7, 11) is 0. The third-order valence-electron chi connectivity index (χ3n) is 9.48. The van der Waals surface area contributed by atoms with E-state index in [-0.39, 0.29) is 38.9 Å². The third-order valence-corrected chi connectivity index (χ3v) is 11.8. The summed E-state index contributed by atoms with van der Waals surface area (Å²) in [5, 5.41) is 88.4. The summed E-state index contributed by atoms with van der Waals surface area (Å²) in [5.74, 6) is 0. The maximum absolute atomic E-state index is 11.1. The second kappa shape index (κ2) is 12.8. The molecular formula is C44H14N8S2. The standard InChI is InChI=1S/C44H14N8S2/c45-15-29-30(16-46)32(18-48)43(33(19-49)31(29)17-47)44-35(21-51)41(23-9-11-39-27(13-23)25-5-1-3-7-37(25)53-39)34(20-50)42(36(44)22-52)24-10-12-40-28(14-24)26-6-2-4-8-38(26)54-40/h1-14H. The molecule has 0 bridgehead atoms. The predicted octanol–water partition coefficient (Wildman–Crippen LogP) is 10.4. The van der Waals surface area contributed by atoms with Gasteiger partial charge in [-0.2, -0.15) is 42.1 Å². The first-order chi connectivity index (χ1) is 26.5. The fourth-order valence-electron chi connectivity index (χ4n) is 7.23. The smallest absolute Gasteiger partial charge is 0.102 e. The zero-order valence-electron chi connectivity index (χ0n) is 27.5. The number of nitriles is 8. The van der Waals surface area contributed by atoms with Crippen molar-refractivity contribution in [2.45, 2.75) is 0 Å². The molecule has 8 nitrogen and oxygen atoms in total. The first-order valence-corrected chi connectivity index (χ1v) is 17.6. The summed E-state index contributed by atoms with van der Waals surface area (Å²) in [6.07, 6.45) is 0. The maximum Gasteiger partial charge on any atom is 0.102 e. The molecule has 54 heavy (non-hydrogen) atoms. The number of fused-ring (bicyclic) bond motifs is 6. The van der Waals surface area contributed by atoms with Crippen molar-refractivity contribution in [1.82, 2.24) is 0 Å². The van der Waals surface area contributed by atoms with Crippen LogP contribution in [0.5, 0.6) is 0 Å². The average molecular weight is 719 g/mol. The summed E-state index contributed by atoms with van der Waals surface area (Å²) >= 11 is 3.17. The van der Waals surface area contributed by atoms with Crippen LogP contribution < -0.4 is 0 Å². The summed E-state index contributed by atoms with van der Waals surface area (Å²) in [6, 6.07) is 42.7. The molecule has 8 rings (SSSR count). The van der Waals surface area contributed by atoms with E-state index >= 15 is 0 Å². The van der Waals surface area contributed by atoms with Crippen molar-refractivity contribution in [3.8, 4) is 81.9 Å². The van der Waals surface area contributed by atoms with E-state index in [0.717, 1.165) is 40.3 Å². The van der Waals surface area contributed by atoms with Crippen molar-refractivity contribution in [3.63, 3.8) is 0 Å². The van der Waals surface area contributed by atoms with Crippen molar-refractivity contribution >= 4 is 63.0 Å². The lowest BCUT2D eigenvalue weighted by molar-refractivity contribution is 1.33. The van der Waals surface area contributed by atoms with E-state index in [9.17, 15) is 42.1 Å². The van der Waals surface area contributed by atoms with Crippen LogP contribution >= 0.6 is 22.7 Å². The van der Waals surface area contributed by atoms with Gasteiger partial charge in [-0.05, 0) is 47.5 Å². The van der Waals surface area contributed by atoms with Crippen molar-refractivity contribution in [2.24, 2.45) is 0 Å². The maximum atomic E-state index is 11.1. The fraction of sp³-hybridized carbons (Fsp3) is 0. The second-order valence-corrected chi connectivity index (χ2v) is 14.2. The molecule has 0 saturated carbocycles. The number of benzene rings is 6. The zero-order chi connectivity index (χ0) is 37.7. The van der Waals surface area contributed by atoms with Crippen LogP contribution in [0, 0.1) is 90.6 Å². The molecule has 0 amide bonds. The quantitative estimate of drug-likeness (QED) is 0.172. The first-order valence-electron chi connectivity index (χ1n) is 16.0. The topological polar surface area (TPSA) is 190 Å². The fourth-order valence-corrected chi connectivity index (χ4v) is 9.41. The van der Waals surface area contributed by atoms with E-state index in [1.807, 2.05) is 97.1 Å². The van der Waals surface area contributed by atoms with Gasteiger partial charge in [-0.15, -0.1) is 22.7 Å². The molecule has 0 aliphatic heterocycles. The van der Waals surface area contributed by atoms with E-state index < -0.39 is 27.8 Å². The van der Waals surface area contributed by atoms with Crippen LogP contribution in [0.15, 0.2) is 84.9 Å². The van der Waals surface area contributed by atoms with Gasteiger partial charge in [-0.1, -0.05) is 48.5 Å². The molecule has 2 aromatic heterocycles. The van der Waals surface area contributed by atoms with E-state index in [1.165, 1.54) is 0 Å².